The Labute approximate surface area is 106 Å². The number of nitrogens with one attached hydrogen (secondary N) is 1. The molecule has 1 aliphatic heterocycles. The summed E-state index contributed by atoms with van der Waals surface area (Å²) in [4.78, 5) is 12.8. The topological polar surface area (TPSA) is 76.4 Å². The molecule has 2 N–H and O–H groups in total. The standard InChI is InChI=1S/C13H15N3O2/c14-8-10-2-1-3-12(6-10)16-5-4-15-11(9-16)7-13(17)18/h1-3,6,11,15H,4-5,7,9H2,(H,17,18). The zero-order chi connectivity index (χ0) is 13.0. The van der Waals surface area contributed by atoms with Gasteiger partial charge in [0.25, 0.3) is 0 Å². The van der Waals surface area contributed by atoms with Crippen LogP contribution in [0.5, 0.6) is 0 Å². The molecule has 1 saturated heterocycles. The molecule has 1 aromatic rings. The fourth-order valence-electron chi connectivity index (χ4n) is 2.18. The number of nitriles is 1. The van der Waals surface area contributed by atoms with Crippen LogP contribution in [0.15, 0.2) is 24.3 Å². The Morgan fingerprint density at radius 3 is 3.17 bits per heavy atom. The van der Waals surface area contributed by atoms with E-state index in [1.54, 1.807) is 6.07 Å². The Bertz CT molecular complexity index is 481. The van der Waals surface area contributed by atoms with Crippen LogP contribution in [0.2, 0.25) is 0 Å². The highest BCUT2D eigenvalue weighted by molar-refractivity contribution is 5.67. The average molecular weight is 245 g/mol. The smallest absolute Gasteiger partial charge is 0.304 e. The van der Waals surface area contributed by atoms with Crippen molar-refractivity contribution in [1.82, 2.24) is 5.32 Å². The maximum absolute atomic E-state index is 10.7. The first-order valence-electron chi connectivity index (χ1n) is 5.89. The van der Waals surface area contributed by atoms with Gasteiger partial charge in [-0.05, 0) is 18.2 Å². The molecule has 0 bridgehead atoms. The minimum absolute atomic E-state index is 0.0398. The van der Waals surface area contributed by atoms with Gasteiger partial charge in [-0.15, -0.1) is 0 Å². The minimum Gasteiger partial charge on any atom is -0.481 e. The van der Waals surface area contributed by atoms with Gasteiger partial charge in [0.1, 0.15) is 0 Å². The molecule has 0 saturated carbocycles. The molecule has 0 amide bonds. The Morgan fingerprint density at radius 1 is 1.61 bits per heavy atom. The number of carboxylic acids is 1. The Morgan fingerprint density at radius 2 is 2.44 bits per heavy atom. The van der Waals surface area contributed by atoms with Gasteiger partial charge in [-0.25, -0.2) is 0 Å². The van der Waals surface area contributed by atoms with Crippen LogP contribution in [0.1, 0.15) is 12.0 Å². The highest BCUT2D eigenvalue weighted by atomic mass is 16.4. The summed E-state index contributed by atoms with van der Waals surface area (Å²) in [6.07, 6.45) is 0.119. The second-order valence-electron chi connectivity index (χ2n) is 4.36. The van der Waals surface area contributed by atoms with E-state index >= 15 is 0 Å². The SMILES string of the molecule is N#Cc1cccc(N2CCNC(CC(=O)O)C2)c1. The van der Waals surface area contributed by atoms with E-state index in [-0.39, 0.29) is 12.5 Å². The number of rotatable bonds is 3. The predicted octanol–water partition coefficient (Wildman–Crippen LogP) is 0.811. The summed E-state index contributed by atoms with van der Waals surface area (Å²) in [6, 6.07) is 9.47. The fraction of sp³-hybridized carbons (Fsp3) is 0.385. The van der Waals surface area contributed by atoms with Crippen molar-refractivity contribution in [3.8, 4) is 6.07 Å². The molecule has 5 heteroatoms. The summed E-state index contributed by atoms with van der Waals surface area (Å²) in [7, 11) is 0. The zero-order valence-electron chi connectivity index (χ0n) is 9.97. The van der Waals surface area contributed by atoms with E-state index in [9.17, 15) is 4.79 Å². The molecule has 1 fully saturated rings. The number of hydrogen-bond acceptors (Lipinski definition) is 4. The van der Waals surface area contributed by atoms with Gasteiger partial charge >= 0.3 is 5.97 Å². The van der Waals surface area contributed by atoms with Gasteiger partial charge in [-0.3, -0.25) is 4.79 Å². The third-order valence-corrected chi connectivity index (χ3v) is 3.02. The van der Waals surface area contributed by atoms with E-state index in [4.69, 9.17) is 10.4 Å². The lowest BCUT2D eigenvalue weighted by Gasteiger charge is -2.34. The molecule has 5 nitrogen and oxygen atoms in total. The van der Waals surface area contributed by atoms with Gasteiger partial charge in [0.2, 0.25) is 0 Å². The molecule has 94 valence electrons. The zero-order valence-corrected chi connectivity index (χ0v) is 9.97. The number of piperazine rings is 1. The maximum atomic E-state index is 10.7. The molecule has 1 aliphatic rings. The average Bonchev–Trinajstić information content (AvgIpc) is 2.38. The fourth-order valence-corrected chi connectivity index (χ4v) is 2.18. The summed E-state index contributed by atoms with van der Waals surface area (Å²) >= 11 is 0. The van der Waals surface area contributed by atoms with Gasteiger partial charge in [0, 0.05) is 31.4 Å². The van der Waals surface area contributed by atoms with E-state index in [1.165, 1.54) is 0 Å². The molecule has 1 unspecified atom stereocenters. The molecule has 2 rings (SSSR count). The molecule has 0 spiro atoms. The molecule has 1 aromatic carbocycles. The summed E-state index contributed by atoms with van der Waals surface area (Å²) in [5.74, 6) is -0.792. The Balaban J connectivity index is 2.08. The largest absolute Gasteiger partial charge is 0.481 e. The van der Waals surface area contributed by atoms with Gasteiger partial charge in [-0.1, -0.05) is 6.07 Å². The Kier molecular flexibility index (Phi) is 3.80. The van der Waals surface area contributed by atoms with E-state index in [0.717, 1.165) is 18.8 Å². The van der Waals surface area contributed by atoms with Crippen molar-refractivity contribution in [2.45, 2.75) is 12.5 Å². The first-order valence-corrected chi connectivity index (χ1v) is 5.89. The predicted molar refractivity (Wildman–Crippen MR) is 67.4 cm³/mol. The van der Waals surface area contributed by atoms with Crippen LogP contribution in [-0.4, -0.2) is 36.8 Å². The van der Waals surface area contributed by atoms with Crippen molar-refractivity contribution in [3.63, 3.8) is 0 Å². The van der Waals surface area contributed by atoms with Crippen LogP contribution in [-0.2, 0) is 4.79 Å². The highest BCUT2D eigenvalue weighted by Crippen LogP contribution is 2.18. The van der Waals surface area contributed by atoms with Crippen LogP contribution < -0.4 is 10.2 Å². The molecule has 1 heterocycles. The number of nitrogens with zero attached hydrogens (tertiary/aromatic N) is 2. The number of aliphatic carboxylic acids is 1. The van der Waals surface area contributed by atoms with E-state index in [2.05, 4.69) is 16.3 Å². The third-order valence-electron chi connectivity index (χ3n) is 3.02. The van der Waals surface area contributed by atoms with Crippen LogP contribution >= 0.6 is 0 Å². The highest BCUT2D eigenvalue weighted by Gasteiger charge is 2.21. The van der Waals surface area contributed by atoms with Crippen molar-refractivity contribution in [1.29, 1.82) is 5.26 Å². The molecular formula is C13H15N3O2. The lowest BCUT2D eigenvalue weighted by molar-refractivity contribution is -0.137. The van der Waals surface area contributed by atoms with Gasteiger partial charge in [0.05, 0.1) is 18.1 Å². The van der Waals surface area contributed by atoms with Crippen LogP contribution in [0, 0.1) is 11.3 Å². The quantitative estimate of drug-likeness (QED) is 0.824. The van der Waals surface area contributed by atoms with Crippen molar-refractivity contribution in [3.05, 3.63) is 29.8 Å². The number of carbonyl (C=O) groups is 1. The van der Waals surface area contributed by atoms with Crippen molar-refractivity contribution < 1.29 is 9.90 Å². The molecule has 1 atom stereocenters. The summed E-state index contributed by atoms with van der Waals surface area (Å²) in [5, 5.41) is 20.9. The van der Waals surface area contributed by atoms with Crippen molar-refractivity contribution in [2.24, 2.45) is 0 Å². The third kappa shape index (κ3) is 2.99. The first-order chi connectivity index (χ1) is 8.69. The molecule has 18 heavy (non-hydrogen) atoms. The van der Waals surface area contributed by atoms with Crippen LogP contribution in [0.25, 0.3) is 0 Å². The molecule has 0 aromatic heterocycles. The normalized spacial score (nSPS) is 19.3. The van der Waals surface area contributed by atoms with E-state index < -0.39 is 5.97 Å². The lowest BCUT2D eigenvalue weighted by atomic mass is 10.1. The van der Waals surface area contributed by atoms with Crippen molar-refractivity contribution in [2.75, 3.05) is 24.5 Å². The number of hydrogen-bond donors (Lipinski definition) is 2. The number of benzene rings is 1. The second-order valence-corrected chi connectivity index (χ2v) is 4.36. The monoisotopic (exact) mass is 245 g/mol. The van der Waals surface area contributed by atoms with Gasteiger partial charge < -0.3 is 15.3 Å². The van der Waals surface area contributed by atoms with Crippen LogP contribution in [0.4, 0.5) is 5.69 Å². The second kappa shape index (κ2) is 5.52. The lowest BCUT2D eigenvalue weighted by Crippen LogP contribution is -2.51. The molecule has 0 aliphatic carbocycles. The number of anilines is 1. The Hall–Kier alpha value is -2.06. The van der Waals surface area contributed by atoms with E-state index in [1.807, 2.05) is 18.2 Å². The maximum Gasteiger partial charge on any atom is 0.304 e. The first kappa shape index (κ1) is 12.4. The van der Waals surface area contributed by atoms with Crippen molar-refractivity contribution >= 4 is 11.7 Å². The minimum atomic E-state index is -0.792. The number of carboxylic acid groups (broad SMARTS) is 1. The van der Waals surface area contributed by atoms with Gasteiger partial charge in [-0.2, -0.15) is 5.26 Å². The summed E-state index contributed by atoms with van der Waals surface area (Å²) in [6.45, 7) is 2.24. The summed E-state index contributed by atoms with van der Waals surface area (Å²) < 4.78 is 0. The molecule has 0 radical (unpaired) electrons. The summed E-state index contributed by atoms with van der Waals surface area (Å²) in [5.41, 5.74) is 1.60. The van der Waals surface area contributed by atoms with E-state index in [0.29, 0.717) is 12.1 Å². The van der Waals surface area contributed by atoms with Crippen LogP contribution in [0.3, 0.4) is 0 Å². The molecular weight excluding hydrogens is 230 g/mol. The van der Waals surface area contributed by atoms with Gasteiger partial charge in [0.15, 0.2) is 0 Å².